The Balaban J connectivity index is 1.45. The largest absolute Gasteiger partial charge is 0.508 e. The van der Waals surface area contributed by atoms with Crippen LogP contribution in [-0.4, -0.2) is 27.8 Å². The number of ether oxygens (including phenoxy) is 1. The third-order valence-corrected chi connectivity index (χ3v) is 5.46. The van der Waals surface area contributed by atoms with Crippen LogP contribution >= 0.6 is 0 Å². The van der Waals surface area contributed by atoms with Crippen molar-refractivity contribution in [3.63, 3.8) is 0 Å². The predicted molar refractivity (Wildman–Crippen MR) is 132 cm³/mol. The number of rotatable bonds is 12. The zero-order chi connectivity index (χ0) is 22.6. The second kappa shape index (κ2) is 12.8. The van der Waals surface area contributed by atoms with E-state index in [-0.39, 0.29) is 5.75 Å². The molecule has 4 nitrogen and oxygen atoms in total. The lowest BCUT2D eigenvalue weighted by atomic mass is 10.1. The van der Waals surface area contributed by atoms with E-state index in [0.717, 1.165) is 42.6 Å². The van der Waals surface area contributed by atoms with E-state index in [1.807, 2.05) is 24.5 Å². The van der Waals surface area contributed by atoms with Crippen molar-refractivity contribution in [3.8, 4) is 28.3 Å². The second-order valence-electron chi connectivity index (χ2n) is 8.19. The van der Waals surface area contributed by atoms with E-state index < -0.39 is 0 Å². The van der Waals surface area contributed by atoms with Crippen molar-refractivity contribution in [1.82, 2.24) is 9.97 Å². The molecule has 0 radical (unpaired) electrons. The molecule has 0 aliphatic carbocycles. The van der Waals surface area contributed by atoms with E-state index >= 15 is 0 Å². The zero-order valence-electron chi connectivity index (χ0n) is 19.2. The van der Waals surface area contributed by atoms with Gasteiger partial charge in [-0.15, -0.1) is 0 Å². The van der Waals surface area contributed by atoms with Crippen LogP contribution in [-0.2, 0) is 4.74 Å². The van der Waals surface area contributed by atoms with E-state index in [1.165, 1.54) is 24.8 Å². The molecule has 0 spiro atoms. The van der Waals surface area contributed by atoms with Crippen molar-refractivity contribution in [2.75, 3.05) is 6.61 Å². The number of phenols is 1. The fourth-order valence-electron chi connectivity index (χ4n) is 3.49. The van der Waals surface area contributed by atoms with Gasteiger partial charge < -0.3 is 9.84 Å². The van der Waals surface area contributed by atoms with E-state index in [1.54, 1.807) is 12.1 Å². The van der Waals surface area contributed by atoms with Crippen LogP contribution in [0, 0.1) is 0 Å². The van der Waals surface area contributed by atoms with Gasteiger partial charge in [-0.05, 0) is 68.0 Å². The first kappa shape index (κ1) is 23.7. The molecule has 1 atom stereocenters. The van der Waals surface area contributed by atoms with Crippen molar-refractivity contribution < 1.29 is 9.84 Å². The predicted octanol–water partition coefficient (Wildman–Crippen LogP) is 7.30. The molecule has 4 heteroatoms. The van der Waals surface area contributed by atoms with Crippen molar-refractivity contribution in [2.45, 2.75) is 58.5 Å². The highest BCUT2D eigenvalue weighted by molar-refractivity contribution is 5.66. The van der Waals surface area contributed by atoms with E-state index in [4.69, 9.17) is 4.74 Å². The number of unbranched alkanes of at least 4 members (excludes halogenated alkanes) is 3. The summed E-state index contributed by atoms with van der Waals surface area (Å²) in [6.45, 7) is 5.28. The van der Waals surface area contributed by atoms with Crippen LogP contribution in [0.3, 0.4) is 0 Å². The number of phenolic OH excluding ortho intramolecular Hbond substituents is 1. The van der Waals surface area contributed by atoms with Crippen molar-refractivity contribution in [1.29, 1.82) is 0 Å². The average molecular weight is 431 g/mol. The van der Waals surface area contributed by atoms with Gasteiger partial charge in [0, 0.05) is 30.1 Å². The van der Waals surface area contributed by atoms with Gasteiger partial charge in [0.2, 0.25) is 0 Å². The molecule has 0 fully saturated rings. The average Bonchev–Trinajstić information content (AvgIpc) is 2.83. The first-order valence-electron chi connectivity index (χ1n) is 11.7. The van der Waals surface area contributed by atoms with Crippen LogP contribution in [0.4, 0.5) is 0 Å². The molecule has 0 bridgehead atoms. The number of hydrogen-bond acceptors (Lipinski definition) is 4. The minimum absolute atomic E-state index is 0.237. The SMILES string of the molecule is CCCCCOC(C)CCC/C=C/c1ccc(-c2cnc(-c3ccc(O)cc3)nc2)cc1. The minimum atomic E-state index is 0.237. The van der Waals surface area contributed by atoms with Gasteiger partial charge in [0.15, 0.2) is 5.82 Å². The van der Waals surface area contributed by atoms with Crippen LogP contribution in [0.2, 0.25) is 0 Å². The molecule has 168 valence electrons. The maximum Gasteiger partial charge on any atom is 0.159 e. The normalized spacial score (nSPS) is 12.3. The summed E-state index contributed by atoms with van der Waals surface area (Å²) in [5.41, 5.74) is 4.15. The lowest BCUT2D eigenvalue weighted by molar-refractivity contribution is 0.0566. The summed E-state index contributed by atoms with van der Waals surface area (Å²) >= 11 is 0. The molecule has 0 aliphatic rings. The van der Waals surface area contributed by atoms with Gasteiger partial charge in [0.05, 0.1) is 6.10 Å². The van der Waals surface area contributed by atoms with E-state index in [9.17, 15) is 5.11 Å². The summed E-state index contributed by atoms with van der Waals surface area (Å²) in [5.74, 6) is 0.884. The number of benzene rings is 2. The third-order valence-electron chi connectivity index (χ3n) is 5.46. The maximum atomic E-state index is 9.41. The molecule has 3 aromatic rings. The first-order chi connectivity index (χ1) is 15.7. The number of allylic oxidation sites excluding steroid dienone is 1. The molecular weight excluding hydrogens is 396 g/mol. The second-order valence-corrected chi connectivity index (χ2v) is 8.19. The summed E-state index contributed by atoms with van der Waals surface area (Å²) in [7, 11) is 0. The Hall–Kier alpha value is -2.98. The van der Waals surface area contributed by atoms with Gasteiger partial charge in [0.25, 0.3) is 0 Å². The van der Waals surface area contributed by atoms with E-state index in [0.29, 0.717) is 11.9 Å². The fraction of sp³-hybridized carbons (Fsp3) is 0.357. The zero-order valence-corrected chi connectivity index (χ0v) is 19.2. The summed E-state index contributed by atoms with van der Waals surface area (Å²) < 4.78 is 5.86. The highest BCUT2D eigenvalue weighted by atomic mass is 16.5. The first-order valence-corrected chi connectivity index (χ1v) is 11.7. The monoisotopic (exact) mass is 430 g/mol. The summed E-state index contributed by atoms with van der Waals surface area (Å²) in [6, 6.07) is 15.4. The van der Waals surface area contributed by atoms with Crippen LogP contribution in [0.1, 0.15) is 57.9 Å². The molecule has 0 saturated heterocycles. The van der Waals surface area contributed by atoms with Crippen LogP contribution in [0.25, 0.3) is 28.6 Å². The van der Waals surface area contributed by atoms with Crippen molar-refractivity contribution in [2.24, 2.45) is 0 Å². The number of aromatic hydroxyl groups is 1. The van der Waals surface area contributed by atoms with Gasteiger partial charge in [-0.1, -0.05) is 56.2 Å². The molecule has 0 saturated carbocycles. The number of hydrogen-bond donors (Lipinski definition) is 1. The van der Waals surface area contributed by atoms with Crippen LogP contribution in [0.15, 0.2) is 67.0 Å². The summed E-state index contributed by atoms with van der Waals surface area (Å²) in [4.78, 5) is 8.94. The van der Waals surface area contributed by atoms with Crippen molar-refractivity contribution in [3.05, 3.63) is 72.6 Å². The Morgan fingerprint density at radius 2 is 1.56 bits per heavy atom. The molecule has 0 amide bonds. The molecule has 1 unspecified atom stereocenters. The highest BCUT2D eigenvalue weighted by Crippen LogP contribution is 2.22. The standard InChI is InChI=1S/C28H34N2O2/c1-3-4-8-19-32-22(2)9-6-5-7-10-23-11-13-24(14-12-23)26-20-29-28(30-21-26)25-15-17-27(31)18-16-25/h7,10-18,20-22,31H,3-6,8-9,19H2,1-2H3/b10-7+. The van der Waals surface area contributed by atoms with Crippen LogP contribution < -0.4 is 0 Å². The van der Waals surface area contributed by atoms with Crippen molar-refractivity contribution >= 4 is 6.08 Å². The van der Waals surface area contributed by atoms with Gasteiger partial charge >= 0.3 is 0 Å². The molecule has 1 heterocycles. The Morgan fingerprint density at radius 3 is 2.25 bits per heavy atom. The fourth-order valence-corrected chi connectivity index (χ4v) is 3.49. The summed E-state index contributed by atoms with van der Waals surface area (Å²) in [5, 5.41) is 9.41. The Kier molecular flexibility index (Phi) is 9.45. The molecule has 0 aliphatic heterocycles. The Morgan fingerprint density at radius 1 is 0.875 bits per heavy atom. The minimum Gasteiger partial charge on any atom is -0.508 e. The lowest BCUT2D eigenvalue weighted by Crippen LogP contribution is -2.08. The molecule has 2 aromatic carbocycles. The lowest BCUT2D eigenvalue weighted by Gasteiger charge is -2.12. The van der Waals surface area contributed by atoms with Gasteiger partial charge in [-0.3, -0.25) is 0 Å². The number of nitrogens with zero attached hydrogens (tertiary/aromatic N) is 2. The quantitative estimate of drug-likeness (QED) is 0.306. The molecule has 1 aromatic heterocycles. The topological polar surface area (TPSA) is 55.2 Å². The Labute approximate surface area is 192 Å². The summed E-state index contributed by atoms with van der Waals surface area (Å²) in [6.07, 6.45) is 15.4. The molecular formula is C28H34N2O2. The molecule has 3 rings (SSSR count). The van der Waals surface area contributed by atoms with Crippen LogP contribution in [0.5, 0.6) is 5.75 Å². The third kappa shape index (κ3) is 7.61. The number of aromatic nitrogens is 2. The van der Waals surface area contributed by atoms with Gasteiger partial charge in [-0.2, -0.15) is 0 Å². The smallest absolute Gasteiger partial charge is 0.159 e. The maximum absolute atomic E-state index is 9.41. The van der Waals surface area contributed by atoms with E-state index in [2.05, 4.69) is 60.2 Å². The Bertz CT molecular complexity index is 948. The molecule has 1 N–H and O–H groups in total. The van der Waals surface area contributed by atoms with Gasteiger partial charge in [-0.25, -0.2) is 9.97 Å². The highest BCUT2D eigenvalue weighted by Gasteiger charge is 2.04. The van der Waals surface area contributed by atoms with Gasteiger partial charge in [0.1, 0.15) is 5.75 Å². The molecule has 32 heavy (non-hydrogen) atoms.